The van der Waals surface area contributed by atoms with Crippen LogP contribution in [0.4, 0.5) is 13.2 Å². The lowest BCUT2D eigenvalue weighted by Gasteiger charge is -2.22. The van der Waals surface area contributed by atoms with Gasteiger partial charge >= 0.3 is 6.18 Å². The number of aromatic nitrogens is 1. The first-order chi connectivity index (χ1) is 16.2. The number of pyridine rings is 1. The Bertz CT molecular complexity index is 1250. The highest BCUT2D eigenvalue weighted by molar-refractivity contribution is 5.92. The number of benzene rings is 1. The zero-order chi connectivity index (χ0) is 24.5. The molecule has 4 rings (SSSR count). The molecule has 176 valence electrons. The number of halogens is 3. The van der Waals surface area contributed by atoms with Crippen molar-refractivity contribution < 1.29 is 22.7 Å². The van der Waals surface area contributed by atoms with Crippen LogP contribution in [-0.4, -0.2) is 48.5 Å². The Kier molecular flexibility index (Phi) is 6.28. The maximum atomic E-state index is 13.9. The number of hydrogen-bond acceptors (Lipinski definition) is 6. The van der Waals surface area contributed by atoms with E-state index in [4.69, 9.17) is 10.1 Å². The van der Waals surface area contributed by atoms with Crippen molar-refractivity contribution >= 4 is 17.4 Å². The van der Waals surface area contributed by atoms with Crippen molar-refractivity contribution in [3.8, 4) is 5.75 Å². The van der Waals surface area contributed by atoms with Gasteiger partial charge in [-0.1, -0.05) is 12.1 Å². The summed E-state index contributed by atoms with van der Waals surface area (Å²) in [5.74, 6) is 1.64. The van der Waals surface area contributed by atoms with Crippen LogP contribution in [0, 0.1) is 5.41 Å². The molecule has 1 saturated heterocycles. The van der Waals surface area contributed by atoms with E-state index < -0.39 is 17.6 Å². The second-order valence-electron chi connectivity index (χ2n) is 7.83. The normalized spacial score (nSPS) is 17.5. The molecule has 0 spiro atoms. The Balaban J connectivity index is 1.64. The summed E-state index contributed by atoms with van der Waals surface area (Å²) in [6, 6.07) is 8.32. The predicted molar refractivity (Wildman–Crippen MR) is 120 cm³/mol. The van der Waals surface area contributed by atoms with E-state index in [0.717, 1.165) is 11.8 Å². The molecule has 1 unspecified atom stereocenters. The minimum Gasteiger partial charge on any atom is -0.487 e. The summed E-state index contributed by atoms with van der Waals surface area (Å²) in [5.41, 5.74) is 1.85. The first-order valence-electron chi connectivity index (χ1n) is 10.4. The number of ether oxygens (including phenoxy) is 1. The number of likely N-dealkylation sites (N-methyl/N-ethyl adjacent to an activating group) is 1. The van der Waals surface area contributed by atoms with Gasteiger partial charge in [0.1, 0.15) is 18.1 Å². The zero-order valence-corrected chi connectivity index (χ0v) is 18.5. The smallest absolute Gasteiger partial charge is 0.419 e. The van der Waals surface area contributed by atoms with Crippen molar-refractivity contribution in [1.29, 1.82) is 5.41 Å². The minimum atomic E-state index is -4.65. The van der Waals surface area contributed by atoms with Crippen LogP contribution in [0.3, 0.4) is 0 Å². The van der Waals surface area contributed by atoms with E-state index in [-0.39, 0.29) is 24.1 Å². The number of allylic oxidation sites excluding steroid dienone is 2. The first-order valence-corrected chi connectivity index (χ1v) is 10.4. The highest BCUT2D eigenvalue weighted by atomic mass is 19.4. The third kappa shape index (κ3) is 4.59. The molecule has 0 bridgehead atoms. The largest absolute Gasteiger partial charge is 0.487 e. The van der Waals surface area contributed by atoms with Gasteiger partial charge in [-0.15, -0.1) is 0 Å². The van der Waals surface area contributed by atoms with Crippen molar-refractivity contribution in [2.75, 3.05) is 20.8 Å². The Morgan fingerprint density at radius 3 is 2.82 bits per heavy atom. The standard InChI is InChI=1S/C24H22F3N5O2/c1-29-23(33)19-5-3-4-17(31-19)12-34-21-7-6-14(9-18(21)24(25,26)27)15-8-16(11-28)22-20(10-15)32(2)13-30-22/h3-10,22,28,30H,12-13H2,1-2H3,(H,29,33). The zero-order valence-electron chi connectivity index (χ0n) is 18.5. The van der Waals surface area contributed by atoms with Gasteiger partial charge in [0.2, 0.25) is 0 Å². The fraction of sp³-hybridized carbons (Fsp3) is 0.250. The van der Waals surface area contributed by atoms with Crippen LogP contribution >= 0.6 is 0 Å². The number of amides is 1. The van der Waals surface area contributed by atoms with Gasteiger partial charge in [-0.2, -0.15) is 13.2 Å². The number of rotatable bonds is 5. The maximum Gasteiger partial charge on any atom is 0.419 e. The van der Waals surface area contributed by atoms with E-state index in [0.29, 0.717) is 29.1 Å². The van der Waals surface area contributed by atoms with Crippen LogP contribution in [0.25, 0.3) is 5.57 Å². The van der Waals surface area contributed by atoms with Crippen LogP contribution in [-0.2, 0) is 12.8 Å². The van der Waals surface area contributed by atoms with Crippen molar-refractivity contribution in [1.82, 2.24) is 20.5 Å². The monoisotopic (exact) mass is 469 g/mol. The highest BCUT2D eigenvalue weighted by Crippen LogP contribution is 2.40. The fourth-order valence-corrected chi connectivity index (χ4v) is 3.86. The number of carbonyl (C=O) groups excluding carboxylic acids is 1. The van der Waals surface area contributed by atoms with Gasteiger partial charge in [0.05, 0.1) is 24.0 Å². The highest BCUT2D eigenvalue weighted by Gasteiger charge is 2.36. The SMILES string of the molecule is CNC(=O)c1cccc(COc2ccc(C3=CC(=C=N)C4NCN(C)C4=C3)cc2C(F)(F)F)n1. The molecule has 3 N–H and O–H groups in total. The summed E-state index contributed by atoms with van der Waals surface area (Å²) in [6.07, 6.45) is -1.17. The molecule has 2 aliphatic rings. The molecule has 1 aliphatic carbocycles. The van der Waals surface area contributed by atoms with Crippen molar-refractivity contribution in [2.45, 2.75) is 18.8 Å². The molecule has 1 amide bonds. The van der Waals surface area contributed by atoms with Crippen molar-refractivity contribution in [3.05, 3.63) is 82.3 Å². The van der Waals surface area contributed by atoms with E-state index in [1.165, 1.54) is 19.2 Å². The third-order valence-corrected chi connectivity index (χ3v) is 5.60. The molecule has 10 heteroatoms. The average Bonchev–Trinajstić information content (AvgIpc) is 3.21. The molecule has 0 radical (unpaired) electrons. The van der Waals surface area contributed by atoms with Crippen LogP contribution in [0.15, 0.2) is 59.8 Å². The molecule has 0 saturated carbocycles. The summed E-state index contributed by atoms with van der Waals surface area (Å²) in [5, 5.41) is 13.3. The van der Waals surface area contributed by atoms with Crippen LogP contribution in [0.5, 0.6) is 5.75 Å². The summed E-state index contributed by atoms with van der Waals surface area (Å²) >= 11 is 0. The minimum absolute atomic E-state index is 0.145. The summed E-state index contributed by atoms with van der Waals surface area (Å²) in [7, 11) is 3.33. The van der Waals surface area contributed by atoms with E-state index in [2.05, 4.69) is 21.5 Å². The third-order valence-electron chi connectivity index (χ3n) is 5.60. The molecule has 1 aliphatic heterocycles. The number of fused-ring (bicyclic) bond motifs is 1. The molecular formula is C24H22F3N5O2. The van der Waals surface area contributed by atoms with Gasteiger partial charge < -0.3 is 15.0 Å². The lowest BCUT2D eigenvalue weighted by Crippen LogP contribution is -2.26. The second-order valence-corrected chi connectivity index (χ2v) is 7.83. The lowest BCUT2D eigenvalue weighted by molar-refractivity contribution is -0.139. The maximum absolute atomic E-state index is 13.9. The molecular weight excluding hydrogens is 447 g/mol. The molecule has 34 heavy (non-hydrogen) atoms. The Hall–Kier alpha value is -3.88. The Morgan fingerprint density at radius 1 is 1.32 bits per heavy atom. The van der Waals surface area contributed by atoms with Crippen LogP contribution in [0.2, 0.25) is 0 Å². The van der Waals surface area contributed by atoms with Gasteiger partial charge in [-0.25, -0.2) is 4.98 Å². The average molecular weight is 469 g/mol. The quantitative estimate of drug-likeness (QED) is 0.585. The van der Waals surface area contributed by atoms with Crippen LogP contribution in [0.1, 0.15) is 27.3 Å². The topological polar surface area (TPSA) is 90.3 Å². The summed E-state index contributed by atoms with van der Waals surface area (Å²) in [4.78, 5) is 17.8. The second kappa shape index (κ2) is 9.17. The number of carbonyl (C=O) groups is 1. The molecule has 1 aromatic heterocycles. The molecule has 7 nitrogen and oxygen atoms in total. The Labute approximate surface area is 194 Å². The number of hydrogen-bond donors (Lipinski definition) is 3. The van der Waals surface area contributed by atoms with Gasteiger partial charge in [-0.3, -0.25) is 15.5 Å². The molecule has 1 atom stereocenters. The van der Waals surface area contributed by atoms with E-state index in [9.17, 15) is 18.0 Å². The summed E-state index contributed by atoms with van der Waals surface area (Å²) < 4.78 is 47.2. The van der Waals surface area contributed by atoms with E-state index in [1.54, 1.807) is 24.3 Å². The van der Waals surface area contributed by atoms with Crippen molar-refractivity contribution in [2.24, 2.45) is 0 Å². The number of nitrogens with one attached hydrogen (secondary N) is 3. The molecule has 1 fully saturated rings. The molecule has 1 aromatic carbocycles. The van der Waals surface area contributed by atoms with Crippen LogP contribution < -0.4 is 15.4 Å². The first kappa shape index (κ1) is 23.3. The van der Waals surface area contributed by atoms with Gasteiger partial charge in [0, 0.05) is 25.4 Å². The van der Waals surface area contributed by atoms with Gasteiger partial charge in [-0.05, 0) is 53.4 Å². The lowest BCUT2D eigenvalue weighted by atomic mass is 9.91. The predicted octanol–water partition coefficient (Wildman–Crippen LogP) is 3.36. The summed E-state index contributed by atoms with van der Waals surface area (Å²) in [6.45, 7) is 0.331. The van der Waals surface area contributed by atoms with Gasteiger partial charge in [0.25, 0.3) is 5.91 Å². The fourth-order valence-electron chi connectivity index (χ4n) is 3.86. The van der Waals surface area contributed by atoms with Crippen molar-refractivity contribution in [3.63, 3.8) is 0 Å². The van der Waals surface area contributed by atoms with Gasteiger partial charge in [0.15, 0.2) is 0 Å². The Morgan fingerprint density at radius 2 is 2.12 bits per heavy atom. The number of alkyl halides is 3. The molecule has 2 aromatic rings. The number of nitrogens with zero attached hydrogens (tertiary/aromatic N) is 2. The van der Waals surface area contributed by atoms with E-state index in [1.807, 2.05) is 18.0 Å². The molecule has 2 heterocycles. The van der Waals surface area contributed by atoms with E-state index >= 15 is 0 Å².